The van der Waals surface area contributed by atoms with Gasteiger partial charge in [0.1, 0.15) is 0 Å². The second-order valence-corrected chi connectivity index (χ2v) is 6.42. The van der Waals surface area contributed by atoms with E-state index in [1.807, 2.05) is 24.3 Å². The summed E-state index contributed by atoms with van der Waals surface area (Å²) in [5.74, 6) is -1.45. The van der Waals surface area contributed by atoms with Gasteiger partial charge in [-0.2, -0.15) is 0 Å². The molecule has 0 fully saturated rings. The standard InChI is InChI=1S/C17H18INO4/c1-9-13(16(20)22-3)15(11-6-5-7-12(18)8-11)14(10(2)19-9)17(21)23-4/h5-8,15,19H,1-4H3. The summed E-state index contributed by atoms with van der Waals surface area (Å²) in [6, 6.07) is 7.69. The van der Waals surface area contributed by atoms with Gasteiger partial charge in [-0.15, -0.1) is 0 Å². The van der Waals surface area contributed by atoms with Crippen LogP contribution in [0, 0.1) is 3.57 Å². The summed E-state index contributed by atoms with van der Waals surface area (Å²) in [5, 5.41) is 3.08. The van der Waals surface area contributed by atoms with E-state index in [1.54, 1.807) is 13.8 Å². The van der Waals surface area contributed by atoms with Gasteiger partial charge in [0.2, 0.25) is 0 Å². The van der Waals surface area contributed by atoms with Gasteiger partial charge < -0.3 is 14.8 Å². The molecule has 1 heterocycles. The molecule has 0 unspecified atom stereocenters. The summed E-state index contributed by atoms with van der Waals surface area (Å²) in [7, 11) is 2.66. The molecule has 0 saturated carbocycles. The third kappa shape index (κ3) is 3.41. The van der Waals surface area contributed by atoms with Crippen molar-refractivity contribution in [2.75, 3.05) is 14.2 Å². The van der Waals surface area contributed by atoms with Crippen molar-refractivity contribution in [3.05, 3.63) is 55.9 Å². The van der Waals surface area contributed by atoms with Crippen molar-refractivity contribution in [3.63, 3.8) is 0 Å². The number of dihydropyridines is 1. The Labute approximate surface area is 148 Å². The van der Waals surface area contributed by atoms with Crippen LogP contribution in [0.1, 0.15) is 25.3 Å². The number of carbonyl (C=O) groups excluding carboxylic acids is 2. The Bertz CT molecular complexity index is 683. The van der Waals surface area contributed by atoms with Gasteiger partial charge in [-0.1, -0.05) is 12.1 Å². The number of benzene rings is 1. The summed E-state index contributed by atoms with van der Waals surface area (Å²) >= 11 is 2.20. The van der Waals surface area contributed by atoms with Crippen LogP contribution in [0.4, 0.5) is 0 Å². The van der Waals surface area contributed by atoms with E-state index in [4.69, 9.17) is 9.47 Å². The minimum atomic E-state index is -0.522. The van der Waals surface area contributed by atoms with E-state index in [2.05, 4.69) is 27.9 Å². The van der Waals surface area contributed by atoms with Crippen LogP contribution in [0.2, 0.25) is 0 Å². The minimum absolute atomic E-state index is 0.417. The third-order valence-corrected chi connectivity index (χ3v) is 4.42. The van der Waals surface area contributed by atoms with Gasteiger partial charge in [0.15, 0.2) is 0 Å². The fourth-order valence-electron chi connectivity index (χ4n) is 2.77. The van der Waals surface area contributed by atoms with Crippen LogP contribution in [-0.4, -0.2) is 26.2 Å². The van der Waals surface area contributed by atoms with E-state index >= 15 is 0 Å². The lowest BCUT2D eigenvalue weighted by Gasteiger charge is -2.30. The van der Waals surface area contributed by atoms with Crippen LogP contribution in [0.25, 0.3) is 0 Å². The molecule has 0 spiro atoms. The van der Waals surface area contributed by atoms with Crippen molar-refractivity contribution < 1.29 is 19.1 Å². The highest BCUT2D eigenvalue weighted by Gasteiger charge is 2.37. The molecule has 23 heavy (non-hydrogen) atoms. The Balaban J connectivity index is 2.69. The van der Waals surface area contributed by atoms with E-state index in [0.717, 1.165) is 9.13 Å². The Morgan fingerprint density at radius 1 is 1.04 bits per heavy atom. The maximum absolute atomic E-state index is 12.3. The molecule has 1 aliphatic heterocycles. The third-order valence-electron chi connectivity index (χ3n) is 3.75. The molecular formula is C17H18INO4. The number of halogens is 1. The van der Waals surface area contributed by atoms with Crippen molar-refractivity contribution in [2.45, 2.75) is 19.8 Å². The molecule has 0 radical (unpaired) electrons. The number of allylic oxidation sites excluding steroid dienone is 2. The number of methoxy groups -OCH3 is 2. The first-order valence-electron chi connectivity index (χ1n) is 7.01. The highest BCUT2D eigenvalue weighted by atomic mass is 127. The topological polar surface area (TPSA) is 64.6 Å². The number of hydrogen-bond acceptors (Lipinski definition) is 5. The fraction of sp³-hybridized carbons (Fsp3) is 0.294. The molecule has 6 heteroatoms. The van der Waals surface area contributed by atoms with Gasteiger partial charge in [-0.25, -0.2) is 9.59 Å². The Kier molecular flexibility index (Phi) is 5.46. The zero-order valence-electron chi connectivity index (χ0n) is 13.4. The summed E-state index contributed by atoms with van der Waals surface area (Å²) in [5.41, 5.74) is 3.02. The van der Waals surface area contributed by atoms with Gasteiger partial charge in [0.05, 0.1) is 31.3 Å². The lowest BCUT2D eigenvalue weighted by molar-refractivity contribution is -0.137. The van der Waals surface area contributed by atoms with Crippen molar-refractivity contribution in [1.82, 2.24) is 5.32 Å². The van der Waals surface area contributed by atoms with Crippen molar-refractivity contribution >= 4 is 34.5 Å². The smallest absolute Gasteiger partial charge is 0.336 e. The Morgan fingerprint density at radius 3 is 2.00 bits per heavy atom. The normalized spacial score (nSPS) is 15.3. The molecule has 122 valence electrons. The summed E-state index contributed by atoms with van der Waals surface area (Å²) in [6.45, 7) is 3.59. The quantitative estimate of drug-likeness (QED) is 0.594. The second kappa shape index (κ2) is 7.16. The van der Waals surface area contributed by atoms with Gasteiger partial charge in [-0.3, -0.25) is 0 Å². The molecule has 2 rings (SSSR count). The van der Waals surface area contributed by atoms with Crippen LogP contribution < -0.4 is 5.32 Å². The SMILES string of the molecule is COC(=O)C1=C(C)NC(C)=C(C(=O)OC)C1c1cccc(I)c1. The minimum Gasteiger partial charge on any atom is -0.466 e. The van der Waals surface area contributed by atoms with Gasteiger partial charge in [-0.05, 0) is 54.1 Å². The van der Waals surface area contributed by atoms with Crippen LogP contribution in [0.5, 0.6) is 0 Å². The van der Waals surface area contributed by atoms with E-state index in [1.165, 1.54) is 14.2 Å². The average molecular weight is 427 g/mol. The number of hydrogen-bond donors (Lipinski definition) is 1. The molecule has 1 N–H and O–H groups in total. The molecule has 5 nitrogen and oxygen atoms in total. The number of rotatable bonds is 3. The molecule has 0 aromatic heterocycles. The van der Waals surface area contributed by atoms with Crippen molar-refractivity contribution in [1.29, 1.82) is 0 Å². The second-order valence-electron chi connectivity index (χ2n) is 5.17. The largest absolute Gasteiger partial charge is 0.466 e. The van der Waals surface area contributed by atoms with Crippen molar-refractivity contribution in [2.24, 2.45) is 0 Å². The molecule has 1 aromatic carbocycles. The molecule has 0 bridgehead atoms. The van der Waals surface area contributed by atoms with Gasteiger partial charge >= 0.3 is 11.9 Å². The number of carbonyl (C=O) groups is 2. The first kappa shape index (κ1) is 17.5. The first-order valence-corrected chi connectivity index (χ1v) is 8.09. The maximum Gasteiger partial charge on any atom is 0.336 e. The molecule has 1 aliphatic rings. The molecule has 0 amide bonds. The van der Waals surface area contributed by atoms with Gasteiger partial charge in [0.25, 0.3) is 0 Å². The number of nitrogens with one attached hydrogen (secondary N) is 1. The lowest BCUT2D eigenvalue weighted by atomic mass is 9.80. The first-order chi connectivity index (χ1) is 10.9. The molecule has 1 aromatic rings. The number of ether oxygens (including phenoxy) is 2. The molecule has 0 saturated heterocycles. The summed E-state index contributed by atoms with van der Waals surface area (Å²) in [6.07, 6.45) is 0. The zero-order valence-corrected chi connectivity index (χ0v) is 15.6. The average Bonchev–Trinajstić information content (AvgIpc) is 2.52. The zero-order chi connectivity index (χ0) is 17.1. The van der Waals surface area contributed by atoms with E-state index in [-0.39, 0.29) is 0 Å². The highest BCUT2D eigenvalue weighted by molar-refractivity contribution is 14.1. The fourth-order valence-corrected chi connectivity index (χ4v) is 3.34. The van der Waals surface area contributed by atoms with Crippen LogP contribution in [0.3, 0.4) is 0 Å². The van der Waals surface area contributed by atoms with E-state index < -0.39 is 17.9 Å². The molecule has 0 aliphatic carbocycles. The lowest BCUT2D eigenvalue weighted by Crippen LogP contribution is -2.32. The molecule has 0 atom stereocenters. The monoisotopic (exact) mass is 427 g/mol. The maximum atomic E-state index is 12.3. The van der Waals surface area contributed by atoms with E-state index in [9.17, 15) is 9.59 Å². The predicted molar refractivity (Wildman–Crippen MR) is 94.5 cm³/mol. The Hall–Kier alpha value is -1.83. The van der Waals surface area contributed by atoms with Crippen LogP contribution >= 0.6 is 22.6 Å². The van der Waals surface area contributed by atoms with Crippen LogP contribution in [0.15, 0.2) is 46.8 Å². The van der Waals surface area contributed by atoms with E-state index in [0.29, 0.717) is 22.5 Å². The summed E-state index contributed by atoms with van der Waals surface area (Å²) < 4.78 is 10.9. The molecular weight excluding hydrogens is 409 g/mol. The number of esters is 2. The van der Waals surface area contributed by atoms with Crippen molar-refractivity contribution in [3.8, 4) is 0 Å². The van der Waals surface area contributed by atoms with Crippen LogP contribution in [-0.2, 0) is 19.1 Å². The summed E-state index contributed by atoms with van der Waals surface area (Å²) in [4.78, 5) is 24.6. The van der Waals surface area contributed by atoms with Gasteiger partial charge in [0, 0.05) is 15.0 Å². The predicted octanol–water partition coefficient (Wildman–Crippen LogP) is 2.87. The Morgan fingerprint density at radius 2 is 1.57 bits per heavy atom. The highest BCUT2D eigenvalue weighted by Crippen LogP contribution is 2.39.